The van der Waals surface area contributed by atoms with Gasteiger partial charge in [-0.15, -0.1) is 0 Å². The van der Waals surface area contributed by atoms with Crippen molar-refractivity contribution in [3.63, 3.8) is 0 Å². The lowest BCUT2D eigenvalue weighted by Crippen LogP contribution is -3.12. The number of halogens is 3. The van der Waals surface area contributed by atoms with E-state index in [1.165, 1.54) is 4.90 Å². The van der Waals surface area contributed by atoms with Crippen LogP contribution in [0, 0.1) is 11.6 Å². The molecule has 1 saturated heterocycles. The molecule has 7 heteroatoms. The van der Waals surface area contributed by atoms with Crippen molar-refractivity contribution in [2.45, 2.75) is 0 Å². The lowest BCUT2D eigenvalue weighted by atomic mass is 10.1. The number of hydrogen-bond donors (Lipinski definition) is 2. The predicted octanol–water partition coefficient (Wildman–Crippen LogP) is 2.21. The first-order chi connectivity index (χ1) is 11.9. The van der Waals surface area contributed by atoms with Crippen molar-refractivity contribution in [1.29, 1.82) is 0 Å². The Hall–Kier alpha value is -2.18. The highest BCUT2D eigenvalue weighted by Gasteiger charge is 2.21. The number of carbonyl (C=O) groups excluding carboxylic acids is 1. The van der Waals surface area contributed by atoms with E-state index in [2.05, 4.69) is 17.3 Å². The van der Waals surface area contributed by atoms with Crippen LogP contribution in [-0.2, 0) is 0 Å². The Bertz CT molecular complexity index is 792. The van der Waals surface area contributed by atoms with Gasteiger partial charge in [0.2, 0.25) is 0 Å². The van der Waals surface area contributed by atoms with Gasteiger partial charge in [-0.1, -0.05) is 11.6 Å². The number of amides is 1. The zero-order chi connectivity index (χ0) is 18.0. The third-order valence-electron chi connectivity index (χ3n) is 4.34. The lowest BCUT2D eigenvalue weighted by molar-refractivity contribution is -0.880. The number of quaternary nitrogens is 1. The molecule has 1 fully saturated rings. The van der Waals surface area contributed by atoms with Crippen molar-refractivity contribution in [3.8, 4) is 0 Å². The second-order valence-electron chi connectivity index (χ2n) is 6.18. The average Bonchev–Trinajstić information content (AvgIpc) is 2.56. The highest BCUT2D eigenvalue weighted by Crippen LogP contribution is 2.30. The van der Waals surface area contributed by atoms with E-state index >= 15 is 0 Å². The Kier molecular flexibility index (Phi) is 5.20. The maximum absolute atomic E-state index is 13.8. The molecular weight excluding hydrogens is 348 g/mol. The Morgan fingerprint density at radius 2 is 1.88 bits per heavy atom. The summed E-state index contributed by atoms with van der Waals surface area (Å²) in [5, 5.41) is 3.17. The standard InChI is InChI=1S/C18H18ClF2N3O/c1-23-6-8-24(9-7-23)17-5-2-12(19)10-16(17)22-18(25)14-4-3-13(20)11-15(14)21/h2-5,10-11H,6-9H2,1H3,(H,22,25)/p+1. The molecule has 0 aliphatic carbocycles. The smallest absolute Gasteiger partial charge is 0.258 e. The normalized spacial score (nSPS) is 15.3. The summed E-state index contributed by atoms with van der Waals surface area (Å²) in [6.07, 6.45) is 0. The lowest BCUT2D eigenvalue weighted by Gasteiger charge is -2.33. The molecule has 25 heavy (non-hydrogen) atoms. The highest BCUT2D eigenvalue weighted by atomic mass is 35.5. The number of likely N-dealkylation sites (N-methyl/N-ethyl adjacent to an activating group) is 1. The van der Waals surface area contributed by atoms with Gasteiger partial charge in [0.15, 0.2) is 0 Å². The van der Waals surface area contributed by atoms with Crippen LogP contribution in [0.3, 0.4) is 0 Å². The van der Waals surface area contributed by atoms with Gasteiger partial charge in [-0.25, -0.2) is 8.78 Å². The Morgan fingerprint density at radius 1 is 1.16 bits per heavy atom. The first-order valence-electron chi connectivity index (χ1n) is 8.06. The molecule has 132 valence electrons. The second-order valence-corrected chi connectivity index (χ2v) is 6.62. The fourth-order valence-electron chi connectivity index (χ4n) is 2.88. The summed E-state index contributed by atoms with van der Waals surface area (Å²) in [6, 6.07) is 8.12. The summed E-state index contributed by atoms with van der Waals surface area (Å²) in [4.78, 5) is 16.0. The third-order valence-corrected chi connectivity index (χ3v) is 4.58. The van der Waals surface area contributed by atoms with Gasteiger partial charge < -0.3 is 15.1 Å². The second kappa shape index (κ2) is 7.37. The van der Waals surface area contributed by atoms with Gasteiger partial charge in [0.1, 0.15) is 11.6 Å². The van der Waals surface area contributed by atoms with E-state index in [0.717, 1.165) is 44.0 Å². The number of anilines is 2. The monoisotopic (exact) mass is 366 g/mol. The Balaban J connectivity index is 1.86. The minimum absolute atomic E-state index is 0.213. The molecule has 1 amide bonds. The van der Waals surface area contributed by atoms with Crippen molar-refractivity contribution in [3.05, 3.63) is 58.6 Å². The van der Waals surface area contributed by atoms with Gasteiger partial charge in [0, 0.05) is 11.1 Å². The van der Waals surface area contributed by atoms with Crippen LogP contribution < -0.4 is 15.1 Å². The van der Waals surface area contributed by atoms with Gasteiger partial charge in [0.25, 0.3) is 5.91 Å². The van der Waals surface area contributed by atoms with Gasteiger partial charge in [-0.3, -0.25) is 4.79 Å². The van der Waals surface area contributed by atoms with Crippen LogP contribution in [0.5, 0.6) is 0 Å². The van der Waals surface area contributed by atoms with Gasteiger partial charge in [0.05, 0.1) is 50.2 Å². The Morgan fingerprint density at radius 3 is 2.56 bits per heavy atom. The minimum atomic E-state index is -0.899. The van der Waals surface area contributed by atoms with Gasteiger partial charge >= 0.3 is 0 Å². The molecule has 1 aliphatic heterocycles. The maximum atomic E-state index is 13.8. The van der Waals surface area contributed by atoms with E-state index in [0.29, 0.717) is 16.8 Å². The largest absolute Gasteiger partial charge is 0.359 e. The zero-order valence-corrected chi connectivity index (χ0v) is 14.5. The SMILES string of the molecule is C[NH+]1CCN(c2ccc(Cl)cc2NC(=O)c2ccc(F)cc2F)CC1. The summed E-state index contributed by atoms with van der Waals surface area (Å²) in [5.74, 6) is -2.26. The molecule has 4 nitrogen and oxygen atoms in total. The van der Waals surface area contributed by atoms with Gasteiger partial charge in [-0.2, -0.15) is 0 Å². The molecule has 0 aromatic heterocycles. The van der Waals surface area contributed by atoms with Crippen molar-refractivity contribution in [1.82, 2.24) is 0 Å². The number of rotatable bonds is 3. The first-order valence-corrected chi connectivity index (χ1v) is 8.44. The topological polar surface area (TPSA) is 36.8 Å². The summed E-state index contributed by atoms with van der Waals surface area (Å²) in [6.45, 7) is 3.67. The molecule has 1 aliphatic rings. The van der Waals surface area contributed by atoms with Crippen LogP contribution in [0.15, 0.2) is 36.4 Å². The van der Waals surface area contributed by atoms with Crippen molar-refractivity contribution >= 4 is 28.9 Å². The molecule has 2 aromatic rings. The number of nitrogens with one attached hydrogen (secondary N) is 2. The molecule has 0 atom stereocenters. The van der Waals surface area contributed by atoms with Crippen LogP contribution in [0.2, 0.25) is 5.02 Å². The van der Waals surface area contributed by atoms with E-state index in [4.69, 9.17) is 11.6 Å². The van der Waals surface area contributed by atoms with Crippen LogP contribution in [0.1, 0.15) is 10.4 Å². The van der Waals surface area contributed by atoms with E-state index < -0.39 is 17.5 Å². The maximum Gasteiger partial charge on any atom is 0.258 e. The van der Waals surface area contributed by atoms with E-state index in [1.54, 1.807) is 12.1 Å². The zero-order valence-electron chi connectivity index (χ0n) is 13.8. The molecule has 0 saturated carbocycles. The van der Waals surface area contributed by atoms with Crippen molar-refractivity contribution in [2.24, 2.45) is 0 Å². The van der Waals surface area contributed by atoms with Crippen molar-refractivity contribution < 1.29 is 18.5 Å². The molecule has 0 spiro atoms. The van der Waals surface area contributed by atoms with Crippen molar-refractivity contribution in [2.75, 3.05) is 43.4 Å². The quantitative estimate of drug-likeness (QED) is 0.874. The summed E-state index contributed by atoms with van der Waals surface area (Å²) in [5.41, 5.74) is 1.14. The molecule has 0 unspecified atom stereocenters. The van der Waals surface area contributed by atoms with E-state index in [9.17, 15) is 13.6 Å². The number of carbonyl (C=O) groups is 1. The van der Waals surface area contributed by atoms with E-state index in [1.807, 2.05) is 6.07 Å². The molecule has 0 radical (unpaired) electrons. The fraction of sp³-hybridized carbons (Fsp3) is 0.278. The Labute approximate surface area is 150 Å². The van der Waals surface area contributed by atoms with E-state index in [-0.39, 0.29) is 5.56 Å². The van der Waals surface area contributed by atoms with Crippen LogP contribution in [0.4, 0.5) is 20.2 Å². The fourth-order valence-corrected chi connectivity index (χ4v) is 3.05. The number of hydrogen-bond acceptors (Lipinski definition) is 2. The third kappa shape index (κ3) is 4.08. The highest BCUT2D eigenvalue weighted by molar-refractivity contribution is 6.31. The molecule has 3 rings (SSSR count). The van der Waals surface area contributed by atoms with Crippen LogP contribution >= 0.6 is 11.6 Å². The molecule has 2 N–H and O–H groups in total. The van der Waals surface area contributed by atoms with Gasteiger partial charge in [-0.05, 0) is 30.3 Å². The molecule has 2 aromatic carbocycles. The summed E-state index contributed by atoms with van der Waals surface area (Å²) >= 11 is 6.06. The summed E-state index contributed by atoms with van der Waals surface area (Å²) in [7, 11) is 2.14. The van der Waals surface area contributed by atoms with Crippen LogP contribution in [-0.4, -0.2) is 39.1 Å². The first kappa shape index (κ1) is 17.6. The molecule has 0 bridgehead atoms. The molecule has 1 heterocycles. The molecular formula is C18H19ClF2N3O+. The average molecular weight is 367 g/mol. The number of benzene rings is 2. The number of piperazine rings is 1. The summed E-state index contributed by atoms with van der Waals surface area (Å²) < 4.78 is 26.9. The minimum Gasteiger partial charge on any atom is -0.359 e. The predicted molar refractivity (Wildman–Crippen MR) is 94.6 cm³/mol. The van der Waals surface area contributed by atoms with Crippen LogP contribution in [0.25, 0.3) is 0 Å². The number of nitrogens with zero attached hydrogens (tertiary/aromatic N) is 1.